The van der Waals surface area contributed by atoms with Crippen LogP contribution in [0.4, 0.5) is 0 Å². The zero-order valence-electron chi connectivity index (χ0n) is 7.58. The minimum absolute atomic E-state index is 0.542. The average molecular weight is 232 g/mol. The molecule has 0 aliphatic carbocycles. The predicted octanol–water partition coefficient (Wildman–Crippen LogP) is 4.76. The van der Waals surface area contributed by atoms with Crippen molar-refractivity contribution in [1.82, 2.24) is 0 Å². The van der Waals surface area contributed by atoms with Crippen LogP contribution in [0, 0.1) is 0 Å². The molecule has 0 aliphatic rings. The maximum atomic E-state index is 6.00. The van der Waals surface area contributed by atoms with Crippen LogP contribution in [0.1, 0.15) is 45.4 Å². The van der Waals surface area contributed by atoms with Crippen LogP contribution in [0.15, 0.2) is 0 Å². The lowest BCUT2D eigenvalue weighted by Crippen LogP contribution is -2.12. The number of alkyl halides is 3. The van der Waals surface area contributed by atoms with Crippen molar-refractivity contribution < 1.29 is 0 Å². The Morgan fingerprint density at radius 1 is 1.00 bits per heavy atom. The van der Waals surface area contributed by atoms with E-state index in [9.17, 15) is 0 Å². The normalized spacial score (nSPS) is 12.0. The van der Waals surface area contributed by atoms with E-state index < -0.39 is 4.33 Å². The average Bonchev–Trinajstić information content (AvgIpc) is 1.98. The van der Waals surface area contributed by atoms with Crippen LogP contribution in [0.5, 0.6) is 0 Å². The Balaban J connectivity index is 3.33. The molecule has 0 unspecified atom stereocenters. The van der Waals surface area contributed by atoms with Gasteiger partial charge in [0.05, 0.1) is 0 Å². The standard InChI is InChI=1S/C9H17Cl3/c1-2-3-4-5-6-9(11,12)7-8-10/h2-8H2,1H3. The fourth-order valence-corrected chi connectivity index (χ4v) is 2.05. The van der Waals surface area contributed by atoms with Crippen LogP contribution in [-0.2, 0) is 0 Å². The van der Waals surface area contributed by atoms with Crippen molar-refractivity contribution in [3.05, 3.63) is 0 Å². The molecule has 0 fully saturated rings. The van der Waals surface area contributed by atoms with Gasteiger partial charge in [0.25, 0.3) is 0 Å². The summed E-state index contributed by atoms with van der Waals surface area (Å²) in [4.78, 5) is 0. The SMILES string of the molecule is CCCCCCC(Cl)(Cl)CCCl. The highest BCUT2D eigenvalue weighted by Gasteiger charge is 2.21. The van der Waals surface area contributed by atoms with E-state index in [0.29, 0.717) is 12.3 Å². The molecule has 0 bridgehead atoms. The first-order chi connectivity index (χ1) is 5.62. The second kappa shape index (κ2) is 7.29. The third-order valence-electron chi connectivity index (χ3n) is 1.86. The van der Waals surface area contributed by atoms with E-state index in [4.69, 9.17) is 34.8 Å². The summed E-state index contributed by atoms with van der Waals surface area (Å²) in [6.45, 7) is 2.19. The van der Waals surface area contributed by atoms with Crippen LogP contribution in [-0.4, -0.2) is 10.2 Å². The minimum Gasteiger partial charge on any atom is -0.127 e. The highest BCUT2D eigenvalue weighted by molar-refractivity contribution is 6.48. The summed E-state index contributed by atoms with van der Waals surface area (Å²) >= 11 is 17.5. The van der Waals surface area contributed by atoms with Gasteiger partial charge in [-0.15, -0.1) is 34.8 Å². The van der Waals surface area contributed by atoms with Crippen LogP contribution in [0.25, 0.3) is 0 Å². The molecule has 0 amide bonds. The Bertz CT molecular complexity index is 102. The molecule has 0 N–H and O–H groups in total. The van der Waals surface area contributed by atoms with Crippen molar-refractivity contribution in [3.8, 4) is 0 Å². The van der Waals surface area contributed by atoms with Crippen molar-refractivity contribution in [2.24, 2.45) is 0 Å². The molecule has 0 aromatic heterocycles. The van der Waals surface area contributed by atoms with Crippen LogP contribution in [0.2, 0.25) is 0 Å². The van der Waals surface area contributed by atoms with Gasteiger partial charge in [0.15, 0.2) is 0 Å². The van der Waals surface area contributed by atoms with Crippen molar-refractivity contribution >= 4 is 34.8 Å². The lowest BCUT2D eigenvalue weighted by Gasteiger charge is -2.17. The Kier molecular flexibility index (Phi) is 7.82. The van der Waals surface area contributed by atoms with Gasteiger partial charge in [-0.25, -0.2) is 0 Å². The summed E-state index contributed by atoms with van der Waals surface area (Å²) in [5.74, 6) is 0.542. The van der Waals surface area contributed by atoms with Gasteiger partial charge in [0.1, 0.15) is 4.33 Å². The number of rotatable bonds is 7. The van der Waals surface area contributed by atoms with E-state index in [1.807, 2.05) is 0 Å². The first-order valence-electron chi connectivity index (χ1n) is 4.56. The Labute approximate surface area is 90.6 Å². The number of hydrogen-bond acceptors (Lipinski definition) is 0. The topological polar surface area (TPSA) is 0 Å². The largest absolute Gasteiger partial charge is 0.127 e. The first-order valence-corrected chi connectivity index (χ1v) is 5.85. The van der Waals surface area contributed by atoms with E-state index in [1.165, 1.54) is 19.3 Å². The quantitative estimate of drug-likeness (QED) is 0.438. The molecular weight excluding hydrogens is 214 g/mol. The maximum absolute atomic E-state index is 6.00. The fourth-order valence-electron chi connectivity index (χ4n) is 1.07. The summed E-state index contributed by atoms with van der Waals surface area (Å²) in [5, 5.41) is 0. The van der Waals surface area contributed by atoms with Gasteiger partial charge in [0.2, 0.25) is 0 Å². The van der Waals surface area contributed by atoms with E-state index in [1.54, 1.807) is 0 Å². The smallest absolute Gasteiger partial charge is 0.119 e. The Morgan fingerprint density at radius 2 is 1.67 bits per heavy atom. The lowest BCUT2D eigenvalue weighted by molar-refractivity contribution is 0.580. The van der Waals surface area contributed by atoms with Gasteiger partial charge in [0, 0.05) is 5.88 Å². The van der Waals surface area contributed by atoms with Gasteiger partial charge < -0.3 is 0 Å². The van der Waals surface area contributed by atoms with Crippen LogP contribution in [0.3, 0.4) is 0 Å². The van der Waals surface area contributed by atoms with E-state index in [-0.39, 0.29) is 0 Å². The monoisotopic (exact) mass is 230 g/mol. The highest BCUT2D eigenvalue weighted by Crippen LogP contribution is 2.31. The Hall–Kier alpha value is 0.870. The van der Waals surface area contributed by atoms with Gasteiger partial charge in [-0.2, -0.15) is 0 Å². The van der Waals surface area contributed by atoms with Gasteiger partial charge in [-0.1, -0.05) is 32.6 Å². The molecule has 0 atom stereocenters. The summed E-state index contributed by atoms with van der Waals surface area (Å²) in [7, 11) is 0. The number of unbranched alkanes of at least 4 members (excludes halogenated alkanes) is 3. The zero-order chi connectivity index (χ0) is 9.45. The van der Waals surface area contributed by atoms with Gasteiger partial charge >= 0.3 is 0 Å². The van der Waals surface area contributed by atoms with E-state index in [2.05, 4.69) is 6.92 Å². The summed E-state index contributed by atoms with van der Waals surface area (Å²) < 4.78 is -0.588. The second-order valence-corrected chi connectivity index (χ2v) is 5.12. The molecule has 0 rings (SSSR count). The molecule has 0 radical (unpaired) electrons. The molecule has 0 heterocycles. The van der Waals surface area contributed by atoms with Crippen LogP contribution >= 0.6 is 34.8 Å². The molecule has 0 spiro atoms. The molecular formula is C9H17Cl3. The third-order valence-corrected chi connectivity index (χ3v) is 2.80. The number of hydrogen-bond donors (Lipinski definition) is 0. The van der Waals surface area contributed by atoms with Crippen molar-refractivity contribution in [1.29, 1.82) is 0 Å². The Morgan fingerprint density at radius 3 is 2.17 bits per heavy atom. The highest BCUT2D eigenvalue weighted by atomic mass is 35.5. The predicted molar refractivity (Wildman–Crippen MR) is 58.5 cm³/mol. The maximum Gasteiger partial charge on any atom is 0.119 e. The summed E-state index contributed by atoms with van der Waals surface area (Å²) in [6, 6.07) is 0. The van der Waals surface area contributed by atoms with Crippen LogP contribution < -0.4 is 0 Å². The minimum atomic E-state index is -0.588. The fraction of sp³-hybridized carbons (Fsp3) is 1.00. The molecule has 12 heavy (non-hydrogen) atoms. The van der Waals surface area contributed by atoms with E-state index in [0.717, 1.165) is 12.8 Å². The molecule has 74 valence electrons. The summed E-state index contributed by atoms with van der Waals surface area (Å²) in [5.41, 5.74) is 0. The molecule has 0 nitrogen and oxygen atoms in total. The zero-order valence-corrected chi connectivity index (χ0v) is 9.85. The van der Waals surface area contributed by atoms with Crippen molar-refractivity contribution in [2.75, 3.05) is 5.88 Å². The molecule has 0 aliphatic heterocycles. The second-order valence-electron chi connectivity index (χ2n) is 3.11. The van der Waals surface area contributed by atoms with Crippen molar-refractivity contribution in [3.63, 3.8) is 0 Å². The molecule has 0 aromatic carbocycles. The third kappa shape index (κ3) is 7.52. The van der Waals surface area contributed by atoms with Gasteiger partial charge in [-0.05, 0) is 12.8 Å². The number of halogens is 3. The van der Waals surface area contributed by atoms with Gasteiger partial charge in [-0.3, -0.25) is 0 Å². The molecule has 0 saturated carbocycles. The first kappa shape index (κ1) is 12.9. The van der Waals surface area contributed by atoms with E-state index >= 15 is 0 Å². The molecule has 0 aromatic rings. The lowest BCUT2D eigenvalue weighted by atomic mass is 10.1. The molecule has 3 heteroatoms. The summed E-state index contributed by atoms with van der Waals surface area (Å²) in [6.07, 6.45) is 6.39. The van der Waals surface area contributed by atoms with Crippen molar-refractivity contribution in [2.45, 2.75) is 49.8 Å². The molecule has 0 saturated heterocycles.